The van der Waals surface area contributed by atoms with Crippen LogP contribution in [0.15, 0.2) is 55.1 Å². The molecule has 0 aromatic heterocycles. The van der Waals surface area contributed by atoms with Crippen molar-refractivity contribution in [2.24, 2.45) is 0 Å². The van der Waals surface area contributed by atoms with Gasteiger partial charge in [-0.1, -0.05) is 49.0 Å². The summed E-state index contributed by atoms with van der Waals surface area (Å²) in [5.41, 5.74) is 5.32. The smallest absolute Gasteiger partial charge is 0.153 e. The second-order valence-corrected chi connectivity index (χ2v) is 4.98. The molecule has 0 fully saturated rings. The molecule has 3 rings (SSSR count). The van der Waals surface area contributed by atoms with Crippen LogP contribution in [0.2, 0.25) is 0 Å². The molecule has 0 saturated heterocycles. The van der Waals surface area contributed by atoms with Gasteiger partial charge in [0.25, 0.3) is 0 Å². The van der Waals surface area contributed by atoms with Gasteiger partial charge in [0, 0.05) is 23.9 Å². The Labute approximate surface area is 113 Å². The minimum absolute atomic E-state index is 0.620. The number of hydrogen-bond donors (Lipinski definition) is 1. The Morgan fingerprint density at radius 1 is 1.11 bits per heavy atom. The fourth-order valence-electron chi connectivity index (χ4n) is 2.69. The Morgan fingerprint density at radius 3 is 2.63 bits per heavy atom. The standard InChI is InChI=1S/C17H17NO/c1-12-11-13-7-3-4-9-15(13)17(19)18(2)16-10-6-5-8-14(12)16/h3-10,17,19H,1,11H2,2H3. The Kier molecular flexibility index (Phi) is 2.88. The maximum absolute atomic E-state index is 10.6. The molecule has 2 aromatic carbocycles. The van der Waals surface area contributed by atoms with Crippen LogP contribution in [0.3, 0.4) is 0 Å². The number of fused-ring (bicyclic) bond motifs is 2. The average Bonchev–Trinajstić information content (AvgIpc) is 2.45. The second-order valence-electron chi connectivity index (χ2n) is 4.98. The van der Waals surface area contributed by atoms with Gasteiger partial charge in [-0.05, 0) is 23.6 Å². The molecule has 96 valence electrons. The first-order valence-electron chi connectivity index (χ1n) is 6.44. The van der Waals surface area contributed by atoms with Gasteiger partial charge in [-0.2, -0.15) is 0 Å². The van der Waals surface area contributed by atoms with Crippen LogP contribution in [0.1, 0.15) is 22.9 Å². The number of rotatable bonds is 0. The first-order valence-corrected chi connectivity index (χ1v) is 6.44. The zero-order valence-electron chi connectivity index (χ0n) is 11.0. The number of anilines is 1. The van der Waals surface area contributed by atoms with E-state index >= 15 is 0 Å². The van der Waals surface area contributed by atoms with Gasteiger partial charge in [-0.25, -0.2) is 0 Å². The SMILES string of the molecule is C=C1Cc2ccccc2C(O)N(C)c2ccccc21. The van der Waals surface area contributed by atoms with Crippen molar-refractivity contribution in [2.45, 2.75) is 12.6 Å². The lowest BCUT2D eigenvalue weighted by atomic mass is 9.92. The van der Waals surface area contributed by atoms with Crippen molar-refractivity contribution in [3.05, 3.63) is 71.8 Å². The first kappa shape index (κ1) is 12.0. The van der Waals surface area contributed by atoms with Gasteiger partial charge in [0.05, 0.1) is 0 Å². The maximum atomic E-state index is 10.6. The van der Waals surface area contributed by atoms with Crippen molar-refractivity contribution >= 4 is 11.3 Å². The molecule has 1 aliphatic heterocycles. The first-order chi connectivity index (χ1) is 9.18. The molecule has 0 bridgehead atoms. The molecule has 2 heteroatoms. The molecule has 0 saturated carbocycles. The molecule has 0 amide bonds. The molecule has 2 aromatic rings. The summed E-state index contributed by atoms with van der Waals surface area (Å²) in [4.78, 5) is 1.90. The van der Waals surface area contributed by atoms with Crippen LogP contribution in [0.5, 0.6) is 0 Å². The lowest BCUT2D eigenvalue weighted by Gasteiger charge is -2.32. The summed E-state index contributed by atoms with van der Waals surface area (Å²) < 4.78 is 0. The molecule has 19 heavy (non-hydrogen) atoms. The van der Waals surface area contributed by atoms with Gasteiger partial charge in [0.2, 0.25) is 0 Å². The zero-order chi connectivity index (χ0) is 13.4. The number of para-hydroxylation sites is 1. The van der Waals surface area contributed by atoms with Crippen LogP contribution in [-0.4, -0.2) is 12.2 Å². The summed E-state index contributed by atoms with van der Waals surface area (Å²) in [7, 11) is 1.92. The van der Waals surface area contributed by atoms with E-state index in [-0.39, 0.29) is 0 Å². The van der Waals surface area contributed by atoms with Gasteiger partial charge in [0.15, 0.2) is 6.23 Å². The molecule has 1 atom stereocenters. The summed E-state index contributed by atoms with van der Waals surface area (Å²) >= 11 is 0. The predicted octanol–water partition coefficient (Wildman–Crippen LogP) is 3.38. The number of nitrogens with zero attached hydrogens (tertiary/aromatic N) is 1. The minimum atomic E-state index is -0.620. The van der Waals surface area contributed by atoms with Crippen molar-refractivity contribution in [3.8, 4) is 0 Å². The van der Waals surface area contributed by atoms with E-state index in [2.05, 4.69) is 18.7 Å². The molecular weight excluding hydrogens is 234 g/mol. The van der Waals surface area contributed by atoms with Crippen LogP contribution in [0.4, 0.5) is 5.69 Å². The quantitative estimate of drug-likeness (QED) is 0.776. The van der Waals surface area contributed by atoms with E-state index in [1.807, 2.05) is 48.3 Å². The third kappa shape index (κ3) is 1.94. The molecule has 0 spiro atoms. The highest BCUT2D eigenvalue weighted by Crippen LogP contribution is 2.36. The summed E-state index contributed by atoms with van der Waals surface area (Å²) in [6, 6.07) is 16.1. The van der Waals surface area contributed by atoms with Gasteiger partial charge in [-0.3, -0.25) is 0 Å². The van der Waals surface area contributed by atoms with Crippen LogP contribution in [0.25, 0.3) is 5.57 Å². The highest BCUT2D eigenvalue weighted by Gasteiger charge is 2.23. The Hall–Kier alpha value is -2.06. The van der Waals surface area contributed by atoms with E-state index in [4.69, 9.17) is 0 Å². The highest BCUT2D eigenvalue weighted by molar-refractivity contribution is 5.78. The summed E-state index contributed by atoms with van der Waals surface area (Å²) in [5, 5.41) is 10.6. The number of hydrogen-bond acceptors (Lipinski definition) is 2. The normalized spacial score (nSPS) is 18.3. The zero-order valence-corrected chi connectivity index (χ0v) is 11.0. The van der Waals surface area contributed by atoms with Gasteiger partial charge < -0.3 is 10.0 Å². The van der Waals surface area contributed by atoms with Crippen molar-refractivity contribution < 1.29 is 5.11 Å². The summed E-state index contributed by atoms with van der Waals surface area (Å²) in [6.07, 6.45) is 0.156. The van der Waals surface area contributed by atoms with Gasteiger partial charge in [0.1, 0.15) is 0 Å². The molecular formula is C17H17NO. The highest BCUT2D eigenvalue weighted by atomic mass is 16.3. The number of allylic oxidation sites excluding steroid dienone is 1. The number of aliphatic hydroxyl groups excluding tert-OH is 1. The molecule has 1 heterocycles. The van der Waals surface area contributed by atoms with E-state index in [0.29, 0.717) is 0 Å². The monoisotopic (exact) mass is 251 g/mol. The number of benzene rings is 2. The van der Waals surface area contributed by atoms with E-state index in [9.17, 15) is 5.11 Å². The topological polar surface area (TPSA) is 23.5 Å². The minimum Gasteiger partial charge on any atom is -0.369 e. The van der Waals surface area contributed by atoms with Crippen LogP contribution < -0.4 is 4.90 Å². The van der Waals surface area contributed by atoms with E-state index in [1.165, 1.54) is 0 Å². The van der Waals surface area contributed by atoms with Gasteiger partial charge in [-0.15, -0.1) is 0 Å². The third-order valence-electron chi connectivity index (χ3n) is 3.77. The fourth-order valence-corrected chi connectivity index (χ4v) is 2.69. The van der Waals surface area contributed by atoms with Crippen LogP contribution >= 0.6 is 0 Å². The van der Waals surface area contributed by atoms with Crippen molar-refractivity contribution in [2.75, 3.05) is 11.9 Å². The number of aliphatic hydroxyl groups is 1. The molecule has 2 nitrogen and oxygen atoms in total. The van der Waals surface area contributed by atoms with E-state index < -0.39 is 6.23 Å². The lowest BCUT2D eigenvalue weighted by Crippen LogP contribution is -2.27. The van der Waals surface area contributed by atoms with E-state index in [1.54, 1.807) is 0 Å². The molecule has 0 aliphatic carbocycles. The molecule has 1 N–H and O–H groups in total. The molecule has 1 unspecified atom stereocenters. The van der Waals surface area contributed by atoms with E-state index in [0.717, 1.165) is 34.4 Å². The van der Waals surface area contributed by atoms with Crippen LogP contribution in [-0.2, 0) is 6.42 Å². The summed E-state index contributed by atoms with van der Waals surface area (Å²) in [6.45, 7) is 4.21. The maximum Gasteiger partial charge on any atom is 0.153 e. The predicted molar refractivity (Wildman–Crippen MR) is 79.0 cm³/mol. The van der Waals surface area contributed by atoms with Crippen LogP contribution in [0, 0.1) is 0 Å². The lowest BCUT2D eigenvalue weighted by molar-refractivity contribution is 0.177. The Bertz CT molecular complexity index is 633. The molecule has 1 aliphatic rings. The van der Waals surface area contributed by atoms with Gasteiger partial charge >= 0.3 is 0 Å². The Morgan fingerprint density at radius 2 is 1.79 bits per heavy atom. The molecule has 0 radical (unpaired) electrons. The second kappa shape index (κ2) is 4.56. The van der Waals surface area contributed by atoms with Crippen molar-refractivity contribution in [1.82, 2.24) is 0 Å². The largest absolute Gasteiger partial charge is 0.369 e. The van der Waals surface area contributed by atoms with Crippen molar-refractivity contribution in [1.29, 1.82) is 0 Å². The summed E-state index contributed by atoms with van der Waals surface area (Å²) in [5.74, 6) is 0. The third-order valence-corrected chi connectivity index (χ3v) is 3.77. The fraction of sp³-hybridized carbons (Fsp3) is 0.176. The van der Waals surface area contributed by atoms with Crippen molar-refractivity contribution in [3.63, 3.8) is 0 Å². The average molecular weight is 251 g/mol. The Balaban J connectivity index is 2.19.